The Kier molecular flexibility index (Phi) is 6.08. The molecule has 3 rings (SSSR count). The fourth-order valence-electron chi connectivity index (χ4n) is 2.85. The van der Waals surface area contributed by atoms with Crippen molar-refractivity contribution in [2.45, 2.75) is 19.4 Å². The molecule has 1 fully saturated rings. The predicted molar refractivity (Wildman–Crippen MR) is 89.9 cm³/mol. The highest BCUT2D eigenvalue weighted by Crippen LogP contribution is 2.11. The molecule has 0 unspecified atom stereocenters. The van der Waals surface area contributed by atoms with Crippen LogP contribution in [0.3, 0.4) is 0 Å². The number of rotatable bonds is 6. The lowest BCUT2D eigenvalue weighted by Gasteiger charge is -2.21. The van der Waals surface area contributed by atoms with Crippen molar-refractivity contribution in [1.29, 1.82) is 0 Å². The molecule has 1 amide bonds. The first-order valence-electron chi connectivity index (χ1n) is 8.48. The lowest BCUT2D eigenvalue weighted by molar-refractivity contribution is 0.0760. The summed E-state index contributed by atoms with van der Waals surface area (Å²) in [6.45, 7) is 4.31. The van der Waals surface area contributed by atoms with Gasteiger partial charge in [-0.3, -0.25) is 14.7 Å². The average molecular weight is 345 g/mol. The molecular weight excluding hydrogens is 322 g/mol. The van der Waals surface area contributed by atoms with E-state index in [2.05, 4.69) is 20.0 Å². The first kappa shape index (κ1) is 17.5. The van der Waals surface area contributed by atoms with Crippen molar-refractivity contribution in [3.8, 4) is 0 Å². The monoisotopic (exact) mass is 345 g/mol. The molecule has 0 atom stereocenters. The second kappa shape index (κ2) is 8.68. The number of amides is 1. The number of aromatic nitrogens is 3. The SMILES string of the molecule is COCCc1noc(CN2CCCN(C(=O)c3ccncc3)CC2)n1. The van der Waals surface area contributed by atoms with Gasteiger partial charge in [-0.25, -0.2) is 0 Å². The van der Waals surface area contributed by atoms with Gasteiger partial charge in [0.05, 0.1) is 13.2 Å². The molecule has 2 aromatic rings. The Morgan fingerprint density at radius 1 is 1.24 bits per heavy atom. The Bertz CT molecular complexity index is 676. The summed E-state index contributed by atoms with van der Waals surface area (Å²) in [7, 11) is 1.65. The van der Waals surface area contributed by atoms with Gasteiger partial charge in [-0.1, -0.05) is 5.16 Å². The number of hydrogen-bond acceptors (Lipinski definition) is 7. The van der Waals surface area contributed by atoms with Crippen molar-refractivity contribution in [2.24, 2.45) is 0 Å². The molecule has 0 aromatic carbocycles. The van der Waals surface area contributed by atoms with Gasteiger partial charge in [0.1, 0.15) is 0 Å². The number of carbonyl (C=O) groups is 1. The number of hydrogen-bond donors (Lipinski definition) is 0. The van der Waals surface area contributed by atoms with E-state index in [1.54, 1.807) is 31.6 Å². The summed E-state index contributed by atoms with van der Waals surface area (Å²) in [6.07, 6.45) is 4.86. The topological polar surface area (TPSA) is 84.6 Å². The molecule has 8 nitrogen and oxygen atoms in total. The van der Waals surface area contributed by atoms with Gasteiger partial charge in [0.15, 0.2) is 5.82 Å². The van der Waals surface area contributed by atoms with Crippen molar-refractivity contribution in [3.63, 3.8) is 0 Å². The van der Waals surface area contributed by atoms with Crippen LogP contribution in [-0.2, 0) is 17.7 Å². The summed E-state index contributed by atoms with van der Waals surface area (Å²) >= 11 is 0. The molecular formula is C17H23N5O3. The van der Waals surface area contributed by atoms with E-state index in [4.69, 9.17) is 9.26 Å². The predicted octanol–water partition coefficient (Wildman–Crippen LogP) is 1.00. The summed E-state index contributed by atoms with van der Waals surface area (Å²) in [6, 6.07) is 3.51. The molecule has 0 N–H and O–H groups in total. The van der Waals surface area contributed by atoms with Crippen LogP contribution < -0.4 is 0 Å². The summed E-state index contributed by atoms with van der Waals surface area (Å²) in [5, 5.41) is 3.96. The molecule has 2 aromatic heterocycles. The Labute approximate surface area is 146 Å². The quantitative estimate of drug-likeness (QED) is 0.772. The molecule has 0 aliphatic carbocycles. The van der Waals surface area contributed by atoms with Crippen LogP contribution in [0, 0.1) is 0 Å². The van der Waals surface area contributed by atoms with Crippen LogP contribution in [0.15, 0.2) is 29.0 Å². The second-order valence-electron chi connectivity index (χ2n) is 6.00. The van der Waals surface area contributed by atoms with Crippen molar-refractivity contribution in [1.82, 2.24) is 24.9 Å². The van der Waals surface area contributed by atoms with E-state index in [0.717, 1.165) is 26.1 Å². The standard InChI is InChI=1S/C17H23N5O3/c1-24-12-5-15-19-16(25-20-15)13-21-8-2-9-22(11-10-21)17(23)14-3-6-18-7-4-14/h3-4,6-7H,2,5,8-13H2,1H3. The molecule has 1 saturated heterocycles. The van der Waals surface area contributed by atoms with Crippen molar-refractivity contribution >= 4 is 5.91 Å². The summed E-state index contributed by atoms with van der Waals surface area (Å²) in [4.78, 5) is 25.0. The normalized spacial score (nSPS) is 16.0. The molecule has 3 heterocycles. The molecule has 134 valence electrons. The van der Waals surface area contributed by atoms with Gasteiger partial charge in [0, 0.05) is 57.7 Å². The Morgan fingerprint density at radius 3 is 2.88 bits per heavy atom. The van der Waals surface area contributed by atoms with Crippen molar-refractivity contribution in [2.75, 3.05) is 39.9 Å². The van der Waals surface area contributed by atoms with Gasteiger partial charge >= 0.3 is 0 Å². The molecule has 8 heteroatoms. The third-order valence-electron chi connectivity index (χ3n) is 4.20. The van der Waals surface area contributed by atoms with Crippen LogP contribution in [0.5, 0.6) is 0 Å². The van der Waals surface area contributed by atoms with Gasteiger partial charge in [0.25, 0.3) is 5.91 Å². The Balaban J connectivity index is 1.53. The minimum absolute atomic E-state index is 0.0592. The number of methoxy groups -OCH3 is 1. The third-order valence-corrected chi connectivity index (χ3v) is 4.20. The summed E-state index contributed by atoms with van der Waals surface area (Å²) in [5.41, 5.74) is 0.683. The third kappa shape index (κ3) is 4.83. The Morgan fingerprint density at radius 2 is 2.08 bits per heavy atom. The van der Waals surface area contributed by atoms with E-state index in [-0.39, 0.29) is 5.91 Å². The smallest absolute Gasteiger partial charge is 0.254 e. The molecule has 25 heavy (non-hydrogen) atoms. The van der Waals surface area contributed by atoms with Crippen LogP contribution in [0.25, 0.3) is 0 Å². The number of ether oxygens (including phenoxy) is 1. The van der Waals surface area contributed by atoms with Gasteiger partial charge in [-0.2, -0.15) is 4.98 Å². The molecule has 0 saturated carbocycles. The van der Waals surface area contributed by atoms with E-state index < -0.39 is 0 Å². The van der Waals surface area contributed by atoms with E-state index >= 15 is 0 Å². The van der Waals surface area contributed by atoms with Gasteiger partial charge in [-0.15, -0.1) is 0 Å². The maximum atomic E-state index is 12.5. The molecule has 0 spiro atoms. The lowest BCUT2D eigenvalue weighted by Crippen LogP contribution is -2.35. The number of pyridine rings is 1. The number of nitrogens with zero attached hydrogens (tertiary/aromatic N) is 5. The van der Waals surface area contributed by atoms with Gasteiger partial charge in [-0.05, 0) is 18.6 Å². The maximum Gasteiger partial charge on any atom is 0.254 e. The van der Waals surface area contributed by atoms with Crippen LogP contribution in [0.4, 0.5) is 0 Å². The van der Waals surface area contributed by atoms with Gasteiger partial charge < -0.3 is 14.2 Å². The summed E-state index contributed by atoms with van der Waals surface area (Å²) < 4.78 is 10.3. The number of carbonyl (C=O) groups excluding carboxylic acids is 1. The zero-order chi connectivity index (χ0) is 17.5. The van der Waals surface area contributed by atoms with E-state index in [9.17, 15) is 4.79 Å². The molecule has 0 radical (unpaired) electrons. The first-order chi connectivity index (χ1) is 12.3. The molecule has 1 aliphatic rings. The van der Waals surface area contributed by atoms with E-state index in [1.807, 2.05) is 4.90 Å². The summed E-state index contributed by atoms with van der Waals surface area (Å²) in [5.74, 6) is 1.34. The maximum absolute atomic E-state index is 12.5. The van der Waals surface area contributed by atoms with Crippen molar-refractivity contribution in [3.05, 3.63) is 41.8 Å². The highest BCUT2D eigenvalue weighted by Gasteiger charge is 2.21. The first-order valence-corrected chi connectivity index (χ1v) is 8.48. The molecule has 0 bridgehead atoms. The minimum Gasteiger partial charge on any atom is -0.384 e. The highest BCUT2D eigenvalue weighted by atomic mass is 16.5. The highest BCUT2D eigenvalue weighted by molar-refractivity contribution is 5.94. The van der Waals surface area contributed by atoms with Crippen LogP contribution in [0.2, 0.25) is 0 Å². The Hall–Kier alpha value is -2.32. The van der Waals surface area contributed by atoms with Crippen LogP contribution in [-0.4, -0.2) is 70.7 Å². The van der Waals surface area contributed by atoms with E-state index in [1.165, 1.54) is 0 Å². The zero-order valence-electron chi connectivity index (χ0n) is 14.4. The minimum atomic E-state index is 0.0592. The van der Waals surface area contributed by atoms with Gasteiger partial charge in [0.2, 0.25) is 5.89 Å². The lowest BCUT2D eigenvalue weighted by atomic mass is 10.2. The molecule has 1 aliphatic heterocycles. The van der Waals surface area contributed by atoms with E-state index in [0.29, 0.717) is 43.4 Å². The fraction of sp³-hybridized carbons (Fsp3) is 0.529. The largest absolute Gasteiger partial charge is 0.384 e. The average Bonchev–Trinajstić information content (AvgIpc) is 2.96. The van der Waals surface area contributed by atoms with Crippen LogP contribution >= 0.6 is 0 Å². The zero-order valence-corrected chi connectivity index (χ0v) is 14.4. The van der Waals surface area contributed by atoms with Crippen molar-refractivity contribution < 1.29 is 14.1 Å². The fourth-order valence-corrected chi connectivity index (χ4v) is 2.85. The van der Waals surface area contributed by atoms with Crippen LogP contribution in [0.1, 0.15) is 28.5 Å². The second-order valence-corrected chi connectivity index (χ2v) is 6.00.